The number of halogens is 1. The number of Topliss-reactive ketones (excluding diaryl/α,β-unsaturated/α-hetero) is 1. The Kier molecular flexibility index (Phi) is 8.04. The van der Waals surface area contributed by atoms with Crippen LogP contribution in [-0.2, 0) is 16.4 Å². The summed E-state index contributed by atoms with van der Waals surface area (Å²) in [6, 6.07) is 10.8. The van der Waals surface area contributed by atoms with Crippen LogP contribution in [0.2, 0.25) is 0 Å². The van der Waals surface area contributed by atoms with Gasteiger partial charge in [-0.25, -0.2) is 8.42 Å². The zero-order valence-electron chi connectivity index (χ0n) is 17.3. The standard InChI is InChI=1S/C21H25N3O4S.ClH.H2O/c1-29(26,27)23-17-5-6-20-18(14-17)19(25)15-21(28-20)8-12-24(13-9-21)11-7-16-4-2-3-10-22-16;;/h2-6,10,14,23H,7-9,11-13,15H2,1H3;1H;1H2. The molecule has 3 N–H and O–H groups in total. The monoisotopic (exact) mass is 469 g/mol. The van der Waals surface area contributed by atoms with Gasteiger partial charge in [-0.15, -0.1) is 12.4 Å². The third-order valence-corrected chi connectivity index (χ3v) is 6.18. The second-order valence-corrected chi connectivity index (χ2v) is 9.63. The number of anilines is 1. The van der Waals surface area contributed by atoms with Crippen molar-refractivity contribution in [1.29, 1.82) is 0 Å². The molecule has 1 fully saturated rings. The summed E-state index contributed by atoms with van der Waals surface area (Å²) < 4.78 is 31.6. The summed E-state index contributed by atoms with van der Waals surface area (Å²) in [5.74, 6) is 0.549. The van der Waals surface area contributed by atoms with Crippen LogP contribution in [0, 0.1) is 0 Å². The average molecular weight is 470 g/mol. The van der Waals surface area contributed by atoms with Crippen LogP contribution in [0.1, 0.15) is 35.3 Å². The first-order valence-corrected chi connectivity index (χ1v) is 11.7. The van der Waals surface area contributed by atoms with Crippen molar-refractivity contribution in [3.05, 3.63) is 53.9 Å². The molecular weight excluding hydrogens is 442 g/mol. The molecule has 31 heavy (non-hydrogen) atoms. The van der Waals surface area contributed by atoms with Crippen molar-refractivity contribution in [2.24, 2.45) is 0 Å². The van der Waals surface area contributed by atoms with E-state index in [9.17, 15) is 13.2 Å². The Morgan fingerprint density at radius 1 is 1.19 bits per heavy atom. The first-order valence-electron chi connectivity index (χ1n) is 9.78. The summed E-state index contributed by atoms with van der Waals surface area (Å²) >= 11 is 0. The SMILES string of the molecule is CS(=O)(=O)Nc1ccc2c(c1)C(=O)CC1(CCN(CCc3ccccn3)CC1)O2.Cl.O. The lowest BCUT2D eigenvalue weighted by atomic mass is 9.82. The molecule has 0 unspecified atom stereocenters. The molecule has 0 amide bonds. The van der Waals surface area contributed by atoms with E-state index in [1.165, 1.54) is 0 Å². The number of piperidine rings is 1. The first kappa shape index (κ1) is 25.1. The molecule has 1 saturated heterocycles. The minimum Gasteiger partial charge on any atom is -0.486 e. The summed E-state index contributed by atoms with van der Waals surface area (Å²) in [5, 5.41) is 0. The van der Waals surface area contributed by atoms with Crippen molar-refractivity contribution in [3.8, 4) is 5.75 Å². The van der Waals surface area contributed by atoms with Gasteiger partial charge in [0.05, 0.1) is 18.2 Å². The fraction of sp³-hybridized carbons (Fsp3) is 0.429. The highest BCUT2D eigenvalue weighted by atomic mass is 35.5. The highest BCUT2D eigenvalue weighted by Crippen LogP contribution is 2.40. The fourth-order valence-corrected chi connectivity index (χ4v) is 4.61. The van der Waals surface area contributed by atoms with Crippen molar-refractivity contribution >= 4 is 33.9 Å². The molecule has 1 aromatic carbocycles. The van der Waals surface area contributed by atoms with E-state index in [1.807, 2.05) is 24.4 Å². The van der Waals surface area contributed by atoms with Gasteiger partial charge in [0.1, 0.15) is 11.4 Å². The van der Waals surface area contributed by atoms with Crippen molar-refractivity contribution in [2.45, 2.75) is 31.3 Å². The van der Waals surface area contributed by atoms with E-state index in [-0.39, 0.29) is 23.7 Å². The van der Waals surface area contributed by atoms with Gasteiger partial charge in [0.2, 0.25) is 10.0 Å². The zero-order valence-corrected chi connectivity index (χ0v) is 19.0. The number of sulfonamides is 1. The van der Waals surface area contributed by atoms with Crippen LogP contribution < -0.4 is 9.46 Å². The van der Waals surface area contributed by atoms with Crippen LogP contribution in [0.3, 0.4) is 0 Å². The Balaban J connectivity index is 0.00000171. The minimum absolute atomic E-state index is 0. The molecule has 0 radical (unpaired) electrons. The lowest BCUT2D eigenvalue weighted by Crippen LogP contribution is -2.51. The van der Waals surface area contributed by atoms with E-state index in [2.05, 4.69) is 14.6 Å². The summed E-state index contributed by atoms with van der Waals surface area (Å²) in [6.07, 6.45) is 5.73. The molecule has 0 saturated carbocycles. The summed E-state index contributed by atoms with van der Waals surface area (Å²) in [6.45, 7) is 2.70. The molecule has 0 aliphatic carbocycles. The molecule has 170 valence electrons. The number of carbonyl (C=O) groups is 1. The third-order valence-electron chi connectivity index (χ3n) is 5.57. The molecule has 10 heteroatoms. The lowest BCUT2D eigenvalue weighted by Gasteiger charge is -2.44. The molecule has 0 atom stereocenters. The number of hydrogen-bond acceptors (Lipinski definition) is 6. The number of ketones is 1. The van der Waals surface area contributed by atoms with E-state index < -0.39 is 15.6 Å². The Hall–Kier alpha value is -2.20. The number of pyridine rings is 1. The van der Waals surface area contributed by atoms with Gasteiger partial charge in [0.15, 0.2) is 5.78 Å². The Morgan fingerprint density at radius 2 is 1.94 bits per heavy atom. The Morgan fingerprint density at radius 3 is 2.58 bits per heavy atom. The topological polar surface area (TPSA) is 120 Å². The van der Waals surface area contributed by atoms with Crippen LogP contribution in [0.5, 0.6) is 5.75 Å². The van der Waals surface area contributed by atoms with E-state index in [1.54, 1.807) is 18.2 Å². The zero-order chi connectivity index (χ0) is 20.5. The van der Waals surface area contributed by atoms with Crippen LogP contribution in [0.25, 0.3) is 0 Å². The molecular formula is C21H28ClN3O5S. The molecule has 1 aromatic heterocycles. The van der Waals surface area contributed by atoms with Gasteiger partial charge in [-0.1, -0.05) is 6.07 Å². The van der Waals surface area contributed by atoms with Crippen LogP contribution in [0.4, 0.5) is 5.69 Å². The van der Waals surface area contributed by atoms with E-state index in [0.717, 1.165) is 50.8 Å². The van der Waals surface area contributed by atoms with Crippen molar-refractivity contribution in [2.75, 3.05) is 30.6 Å². The van der Waals surface area contributed by atoms with E-state index in [0.29, 0.717) is 23.4 Å². The molecule has 3 heterocycles. The second kappa shape index (κ2) is 9.95. The third kappa shape index (κ3) is 6.16. The number of fused-ring (bicyclic) bond motifs is 1. The smallest absolute Gasteiger partial charge is 0.229 e. The van der Waals surface area contributed by atoms with Crippen molar-refractivity contribution < 1.29 is 23.4 Å². The largest absolute Gasteiger partial charge is 0.486 e. The van der Waals surface area contributed by atoms with Crippen molar-refractivity contribution in [1.82, 2.24) is 9.88 Å². The van der Waals surface area contributed by atoms with E-state index >= 15 is 0 Å². The number of benzene rings is 1. The maximum atomic E-state index is 12.8. The van der Waals surface area contributed by atoms with Gasteiger partial charge in [-0.05, 0) is 30.3 Å². The highest BCUT2D eigenvalue weighted by molar-refractivity contribution is 7.92. The van der Waals surface area contributed by atoms with Gasteiger partial charge in [-0.2, -0.15) is 0 Å². The van der Waals surface area contributed by atoms with Gasteiger partial charge >= 0.3 is 0 Å². The summed E-state index contributed by atoms with van der Waals surface area (Å²) in [5.41, 5.74) is 1.45. The van der Waals surface area contributed by atoms with Gasteiger partial charge in [0.25, 0.3) is 0 Å². The average Bonchev–Trinajstić information content (AvgIpc) is 2.68. The van der Waals surface area contributed by atoms with Crippen LogP contribution >= 0.6 is 12.4 Å². The number of likely N-dealkylation sites (tertiary alicyclic amines) is 1. The predicted molar refractivity (Wildman–Crippen MR) is 122 cm³/mol. The van der Waals surface area contributed by atoms with Gasteiger partial charge in [-0.3, -0.25) is 14.5 Å². The highest BCUT2D eigenvalue weighted by Gasteiger charge is 2.42. The molecule has 1 spiro atoms. The number of nitrogens with one attached hydrogen (secondary N) is 1. The second-order valence-electron chi connectivity index (χ2n) is 7.88. The minimum atomic E-state index is -3.39. The number of nitrogens with zero attached hydrogens (tertiary/aromatic N) is 2. The first-order chi connectivity index (χ1) is 13.8. The normalized spacial score (nSPS) is 17.6. The fourth-order valence-electron chi connectivity index (χ4n) is 4.05. The van der Waals surface area contributed by atoms with Gasteiger partial charge in [0, 0.05) is 56.5 Å². The van der Waals surface area contributed by atoms with Crippen LogP contribution in [0.15, 0.2) is 42.6 Å². The molecule has 2 aliphatic rings. The van der Waals surface area contributed by atoms with E-state index in [4.69, 9.17) is 4.74 Å². The number of hydrogen-bond donors (Lipinski definition) is 1. The van der Waals surface area contributed by atoms with Gasteiger partial charge < -0.3 is 15.1 Å². The number of carbonyl (C=O) groups excluding carboxylic acids is 1. The number of ether oxygens (including phenoxy) is 1. The number of aromatic nitrogens is 1. The lowest BCUT2D eigenvalue weighted by molar-refractivity contribution is -0.00868. The Bertz CT molecular complexity index is 1010. The summed E-state index contributed by atoms with van der Waals surface area (Å²) in [4.78, 5) is 19.6. The molecule has 2 aromatic rings. The molecule has 4 rings (SSSR count). The maximum absolute atomic E-state index is 12.8. The van der Waals surface area contributed by atoms with Crippen molar-refractivity contribution in [3.63, 3.8) is 0 Å². The predicted octanol–water partition coefficient (Wildman–Crippen LogP) is 2.09. The molecule has 0 bridgehead atoms. The maximum Gasteiger partial charge on any atom is 0.229 e. The quantitative estimate of drug-likeness (QED) is 0.715. The summed E-state index contributed by atoms with van der Waals surface area (Å²) in [7, 11) is -3.39. The number of rotatable bonds is 5. The molecule has 2 aliphatic heterocycles. The van der Waals surface area contributed by atoms with Crippen LogP contribution in [-0.4, -0.2) is 61.1 Å². The molecule has 8 nitrogen and oxygen atoms in total. The Labute approximate surface area is 188 Å².